The second kappa shape index (κ2) is 13.9. The number of para-hydroxylation sites is 1. The molecule has 43 heavy (non-hydrogen) atoms. The summed E-state index contributed by atoms with van der Waals surface area (Å²) in [6, 6.07) is 19.4. The van der Waals surface area contributed by atoms with Gasteiger partial charge in [0, 0.05) is 32.7 Å². The zero-order chi connectivity index (χ0) is 30.2. The van der Waals surface area contributed by atoms with Crippen LogP contribution in [0.25, 0.3) is 5.69 Å². The molecule has 3 heterocycles. The van der Waals surface area contributed by atoms with Crippen LogP contribution in [0.1, 0.15) is 67.2 Å². The summed E-state index contributed by atoms with van der Waals surface area (Å²) in [4.78, 5) is 45.7. The second-order valence-corrected chi connectivity index (χ2v) is 11.6. The standard InChI is InChI=1S/C33H43N7O3/c1-3-21-39-31(42)28(35-32(43)33(39)18-23-38(24-19-33)22-17-26-12-6-4-7-13-26)16-10-11-20-34-30(41)29-25(2)36-40(37-29)27-14-8-5-9-15-27/h4-9,12-15,28H,3,10-11,16-24H2,1-2H3,(H,34,41)(H,35,43)/t28-/m0/s1. The molecule has 2 aliphatic heterocycles. The van der Waals surface area contributed by atoms with Crippen molar-refractivity contribution in [3.05, 3.63) is 77.6 Å². The zero-order valence-electron chi connectivity index (χ0n) is 25.3. The van der Waals surface area contributed by atoms with Crippen molar-refractivity contribution in [3.8, 4) is 5.69 Å². The first-order valence-corrected chi connectivity index (χ1v) is 15.6. The van der Waals surface area contributed by atoms with Crippen LogP contribution in [0, 0.1) is 6.92 Å². The fourth-order valence-corrected chi connectivity index (χ4v) is 6.22. The molecule has 2 fully saturated rings. The van der Waals surface area contributed by atoms with Crippen molar-refractivity contribution in [1.82, 2.24) is 35.4 Å². The van der Waals surface area contributed by atoms with E-state index in [1.807, 2.05) is 41.3 Å². The van der Waals surface area contributed by atoms with Crippen molar-refractivity contribution in [2.75, 3.05) is 32.7 Å². The Balaban J connectivity index is 1.09. The minimum absolute atomic E-state index is 0.0152. The molecule has 2 saturated heterocycles. The first kappa shape index (κ1) is 30.4. The van der Waals surface area contributed by atoms with Crippen LogP contribution in [0.2, 0.25) is 0 Å². The highest BCUT2D eigenvalue weighted by molar-refractivity contribution is 6.00. The minimum Gasteiger partial charge on any atom is -0.351 e. The van der Waals surface area contributed by atoms with Crippen LogP contribution in [-0.4, -0.2) is 86.8 Å². The Morgan fingerprint density at radius 1 is 0.977 bits per heavy atom. The normalized spacial score (nSPS) is 18.6. The van der Waals surface area contributed by atoms with Gasteiger partial charge in [0.2, 0.25) is 11.8 Å². The molecule has 0 aliphatic carbocycles. The maximum atomic E-state index is 13.7. The Morgan fingerprint density at radius 2 is 1.67 bits per heavy atom. The molecule has 1 atom stereocenters. The molecule has 5 rings (SSSR count). The van der Waals surface area contributed by atoms with E-state index in [1.165, 1.54) is 10.4 Å². The van der Waals surface area contributed by atoms with Crippen LogP contribution in [0.5, 0.6) is 0 Å². The second-order valence-electron chi connectivity index (χ2n) is 11.6. The summed E-state index contributed by atoms with van der Waals surface area (Å²) in [5.41, 5.74) is 2.20. The number of hydrogen-bond acceptors (Lipinski definition) is 6. The lowest BCUT2D eigenvalue weighted by molar-refractivity contribution is -0.161. The topological polar surface area (TPSA) is 112 Å². The van der Waals surface area contributed by atoms with E-state index in [1.54, 1.807) is 6.92 Å². The molecule has 0 unspecified atom stereocenters. The monoisotopic (exact) mass is 585 g/mol. The van der Waals surface area contributed by atoms with Gasteiger partial charge >= 0.3 is 0 Å². The van der Waals surface area contributed by atoms with Crippen molar-refractivity contribution in [2.45, 2.75) is 70.4 Å². The van der Waals surface area contributed by atoms with E-state index in [0.717, 1.165) is 38.2 Å². The fourth-order valence-electron chi connectivity index (χ4n) is 6.22. The number of piperazine rings is 1. The number of piperidine rings is 1. The molecular weight excluding hydrogens is 542 g/mol. The molecule has 2 N–H and O–H groups in total. The van der Waals surface area contributed by atoms with E-state index in [2.05, 4.69) is 56.9 Å². The van der Waals surface area contributed by atoms with Gasteiger partial charge in [0.1, 0.15) is 11.6 Å². The summed E-state index contributed by atoms with van der Waals surface area (Å²) in [6.45, 7) is 7.42. The van der Waals surface area contributed by atoms with E-state index in [9.17, 15) is 14.4 Å². The molecule has 2 aliphatic rings. The Bertz CT molecular complexity index is 1380. The van der Waals surface area contributed by atoms with Crippen LogP contribution in [0.3, 0.4) is 0 Å². The number of unbranched alkanes of at least 4 members (excludes halogenated alkanes) is 1. The largest absolute Gasteiger partial charge is 0.351 e. The lowest BCUT2D eigenvalue weighted by Crippen LogP contribution is -2.72. The first-order valence-electron chi connectivity index (χ1n) is 15.6. The molecule has 3 aromatic rings. The Morgan fingerprint density at radius 3 is 2.37 bits per heavy atom. The summed E-state index contributed by atoms with van der Waals surface area (Å²) in [5, 5.41) is 14.7. The van der Waals surface area contributed by atoms with Crippen molar-refractivity contribution in [3.63, 3.8) is 0 Å². The van der Waals surface area contributed by atoms with Gasteiger partial charge in [0.25, 0.3) is 5.91 Å². The van der Waals surface area contributed by atoms with E-state index < -0.39 is 11.6 Å². The highest BCUT2D eigenvalue weighted by atomic mass is 16.2. The Kier molecular flexibility index (Phi) is 9.86. The number of nitrogens with one attached hydrogen (secondary N) is 2. The third-order valence-electron chi connectivity index (χ3n) is 8.69. The van der Waals surface area contributed by atoms with Crippen molar-refractivity contribution < 1.29 is 14.4 Å². The molecule has 1 aromatic heterocycles. The number of amides is 3. The summed E-state index contributed by atoms with van der Waals surface area (Å²) < 4.78 is 0. The highest BCUT2D eigenvalue weighted by Crippen LogP contribution is 2.34. The zero-order valence-corrected chi connectivity index (χ0v) is 25.3. The summed E-state index contributed by atoms with van der Waals surface area (Å²) in [6.07, 6.45) is 5.04. The number of likely N-dealkylation sites (tertiary alicyclic amines) is 1. The number of aromatic nitrogens is 3. The van der Waals surface area contributed by atoms with E-state index >= 15 is 0 Å². The molecule has 10 heteroatoms. The van der Waals surface area contributed by atoms with Crippen molar-refractivity contribution >= 4 is 17.7 Å². The van der Waals surface area contributed by atoms with Crippen molar-refractivity contribution in [2.24, 2.45) is 0 Å². The number of hydrogen-bond donors (Lipinski definition) is 2. The molecule has 0 radical (unpaired) electrons. The maximum Gasteiger partial charge on any atom is 0.273 e. The highest BCUT2D eigenvalue weighted by Gasteiger charge is 2.53. The van der Waals surface area contributed by atoms with Crippen LogP contribution in [0.15, 0.2) is 60.7 Å². The van der Waals surface area contributed by atoms with Gasteiger partial charge in [-0.05, 0) is 69.6 Å². The number of benzene rings is 2. The Hall–Kier alpha value is -4.05. The van der Waals surface area contributed by atoms with Crippen LogP contribution in [-0.2, 0) is 16.0 Å². The number of carbonyl (C=O) groups is 3. The van der Waals surface area contributed by atoms with Gasteiger partial charge < -0.3 is 20.4 Å². The molecule has 1 spiro atoms. The van der Waals surface area contributed by atoms with Gasteiger partial charge in [-0.25, -0.2) is 0 Å². The third kappa shape index (κ3) is 6.96. The average molecular weight is 586 g/mol. The molecular formula is C33H43N7O3. The smallest absolute Gasteiger partial charge is 0.273 e. The lowest BCUT2D eigenvalue weighted by Gasteiger charge is -2.51. The van der Waals surface area contributed by atoms with Gasteiger partial charge in [-0.2, -0.15) is 9.90 Å². The molecule has 0 bridgehead atoms. The maximum absolute atomic E-state index is 13.7. The fraction of sp³-hybridized carbons (Fsp3) is 0.485. The van der Waals surface area contributed by atoms with Gasteiger partial charge in [-0.3, -0.25) is 14.4 Å². The van der Waals surface area contributed by atoms with Crippen LogP contribution in [0.4, 0.5) is 0 Å². The van der Waals surface area contributed by atoms with Gasteiger partial charge in [0.15, 0.2) is 5.69 Å². The molecule has 0 saturated carbocycles. The SMILES string of the molecule is CCCN1C(=O)[C@H](CCCCNC(=O)c2nn(-c3ccccc3)nc2C)NC(=O)C12CCN(CCc1ccccc1)CC2. The molecule has 10 nitrogen and oxygen atoms in total. The molecule has 2 aromatic carbocycles. The van der Waals surface area contributed by atoms with Crippen molar-refractivity contribution in [1.29, 1.82) is 0 Å². The van der Waals surface area contributed by atoms with Gasteiger partial charge in [-0.15, -0.1) is 5.10 Å². The number of carbonyl (C=O) groups excluding carboxylic acids is 3. The number of aryl methyl sites for hydroxylation is 1. The average Bonchev–Trinajstić information content (AvgIpc) is 3.43. The Labute approximate surface area is 253 Å². The summed E-state index contributed by atoms with van der Waals surface area (Å²) in [5.74, 6) is -0.261. The van der Waals surface area contributed by atoms with E-state index in [0.29, 0.717) is 56.6 Å². The minimum atomic E-state index is -0.754. The van der Waals surface area contributed by atoms with Crippen LogP contribution < -0.4 is 10.6 Å². The summed E-state index contributed by atoms with van der Waals surface area (Å²) in [7, 11) is 0. The number of nitrogens with zero attached hydrogens (tertiary/aromatic N) is 5. The predicted octanol–water partition coefficient (Wildman–Crippen LogP) is 3.29. The first-order chi connectivity index (χ1) is 20.9. The predicted molar refractivity (Wildman–Crippen MR) is 165 cm³/mol. The van der Waals surface area contributed by atoms with E-state index in [-0.39, 0.29) is 17.7 Å². The van der Waals surface area contributed by atoms with Gasteiger partial charge in [0.05, 0.1) is 11.4 Å². The van der Waals surface area contributed by atoms with Gasteiger partial charge in [-0.1, -0.05) is 55.5 Å². The molecule has 228 valence electrons. The van der Waals surface area contributed by atoms with Crippen LogP contribution >= 0.6 is 0 Å². The molecule has 3 amide bonds. The lowest BCUT2D eigenvalue weighted by atomic mass is 9.81. The van der Waals surface area contributed by atoms with E-state index in [4.69, 9.17) is 0 Å². The summed E-state index contributed by atoms with van der Waals surface area (Å²) >= 11 is 0. The quantitative estimate of drug-likeness (QED) is 0.316. The third-order valence-corrected chi connectivity index (χ3v) is 8.69. The number of rotatable bonds is 12.